The van der Waals surface area contributed by atoms with Gasteiger partial charge in [-0.3, -0.25) is 19.7 Å². The highest BCUT2D eigenvalue weighted by atomic mass is 16.2. The van der Waals surface area contributed by atoms with Gasteiger partial charge in [0.05, 0.1) is 17.9 Å². The molecule has 2 aliphatic rings. The third-order valence-corrected chi connectivity index (χ3v) is 4.05. The van der Waals surface area contributed by atoms with Crippen LogP contribution in [0, 0.1) is 11.8 Å². The lowest BCUT2D eigenvalue weighted by Crippen LogP contribution is -2.45. The van der Waals surface area contributed by atoms with E-state index < -0.39 is 12.0 Å². The normalized spacial score (nSPS) is 27.7. The molecule has 1 saturated heterocycles. The van der Waals surface area contributed by atoms with Crippen LogP contribution in [-0.4, -0.2) is 23.8 Å². The second kappa shape index (κ2) is 5.16. The standard InChI is InChI=1S/C16H16N2O3/c1-9-7-11-13(16(21)18-15(11)20)12(8-9)17-14(19)10-5-3-2-4-6-10/h2-6,8,11-13H,7H2,1H3,(H,17,19)(H,18,20,21)/t11-,12+,13-/m0/s1. The zero-order valence-corrected chi connectivity index (χ0v) is 11.6. The predicted molar refractivity (Wildman–Crippen MR) is 76.2 cm³/mol. The Hall–Kier alpha value is -2.43. The van der Waals surface area contributed by atoms with E-state index in [0.29, 0.717) is 12.0 Å². The van der Waals surface area contributed by atoms with Gasteiger partial charge in [0.25, 0.3) is 5.91 Å². The second-order valence-corrected chi connectivity index (χ2v) is 5.57. The third-order valence-electron chi connectivity index (χ3n) is 4.05. The molecule has 1 aromatic rings. The summed E-state index contributed by atoms with van der Waals surface area (Å²) in [5.74, 6) is -1.65. The van der Waals surface area contributed by atoms with Crippen LogP contribution in [0.2, 0.25) is 0 Å². The molecule has 0 saturated carbocycles. The van der Waals surface area contributed by atoms with Crippen LogP contribution in [0.25, 0.3) is 0 Å². The number of carbonyl (C=O) groups is 3. The van der Waals surface area contributed by atoms with E-state index >= 15 is 0 Å². The summed E-state index contributed by atoms with van der Waals surface area (Å²) in [5, 5.41) is 5.22. The van der Waals surface area contributed by atoms with E-state index in [4.69, 9.17) is 0 Å². The average molecular weight is 284 g/mol. The molecule has 5 nitrogen and oxygen atoms in total. The highest BCUT2D eigenvalue weighted by Gasteiger charge is 2.47. The zero-order chi connectivity index (χ0) is 15.0. The van der Waals surface area contributed by atoms with Crippen molar-refractivity contribution in [3.63, 3.8) is 0 Å². The van der Waals surface area contributed by atoms with Crippen molar-refractivity contribution >= 4 is 17.7 Å². The third kappa shape index (κ3) is 2.46. The molecule has 1 aliphatic carbocycles. The fraction of sp³-hybridized carbons (Fsp3) is 0.312. The molecule has 3 atom stereocenters. The van der Waals surface area contributed by atoms with Crippen LogP contribution >= 0.6 is 0 Å². The molecule has 108 valence electrons. The van der Waals surface area contributed by atoms with Crippen molar-refractivity contribution in [2.75, 3.05) is 0 Å². The summed E-state index contributed by atoms with van der Waals surface area (Å²) in [5.41, 5.74) is 1.55. The number of imide groups is 1. The van der Waals surface area contributed by atoms with Crippen molar-refractivity contribution in [3.05, 3.63) is 47.5 Å². The molecule has 0 spiro atoms. The highest BCUT2D eigenvalue weighted by molar-refractivity contribution is 6.06. The minimum atomic E-state index is -0.506. The average Bonchev–Trinajstić information content (AvgIpc) is 2.74. The van der Waals surface area contributed by atoms with Crippen molar-refractivity contribution < 1.29 is 14.4 Å². The van der Waals surface area contributed by atoms with Crippen molar-refractivity contribution in [2.45, 2.75) is 19.4 Å². The highest BCUT2D eigenvalue weighted by Crippen LogP contribution is 2.34. The number of hydrogen-bond acceptors (Lipinski definition) is 3. The Bertz CT molecular complexity index is 636. The molecule has 1 fully saturated rings. The molecule has 3 amide bonds. The van der Waals surface area contributed by atoms with Crippen LogP contribution in [0.3, 0.4) is 0 Å². The number of fused-ring (bicyclic) bond motifs is 1. The van der Waals surface area contributed by atoms with Crippen LogP contribution in [0.1, 0.15) is 23.7 Å². The van der Waals surface area contributed by atoms with Crippen molar-refractivity contribution in [1.82, 2.24) is 10.6 Å². The van der Waals surface area contributed by atoms with E-state index in [0.717, 1.165) is 5.57 Å². The van der Waals surface area contributed by atoms with Crippen LogP contribution in [0.15, 0.2) is 42.0 Å². The Kier molecular flexibility index (Phi) is 3.33. The van der Waals surface area contributed by atoms with Crippen LogP contribution in [0.4, 0.5) is 0 Å². The summed E-state index contributed by atoms with van der Waals surface area (Å²) >= 11 is 0. The number of carbonyl (C=O) groups excluding carboxylic acids is 3. The Labute approximate surface area is 122 Å². The molecule has 21 heavy (non-hydrogen) atoms. The fourth-order valence-corrected chi connectivity index (χ4v) is 3.06. The summed E-state index contributed by atoms with van der Waals surface area (Å²) < 4.78 is 0. The molecular formula is C16H16N2O3. The maximum atomic E-state index is 12.2. The van der Waals surface area contributed by atoms with Gasteiger partial charge >= 0.3 is 0 Å². The first-order valence-electron chi connectivity index (χ1n) is 6.94. The number of allylic oxidation sites excluding steroid dienone is 1. The Morgan fingerprint density at radius 1 is 1.19 bits per heavy atom. The van der Waals surface area contributed by atoms with Gasteiger partial charge in [0.2, 0.25) is 11.8 Å². The number of benzene rings is 1. The summed E-state index contributed by atoms with van der Waals surface area (Å²) in [6.07, 6.45) is 2.44. The van der Waals surface area contributed by atoms with Gasteiger partial charge in [-0.25, -0.2) is 0 Å². The summed E-state index contributed by atoms with van der Waals surface area (Å²) in [6, 6.07) is 8.39. The minimum Gasteiger partial charge on any atom is -0.345 e. The summed E-state index contributed by atoms with van der Waals surface area (Å²) in [6.45, 7) is 1.91. The van der Waals surface area contributed by atoms with Gasteiger partial charge in [-0.15, -0.1) is 0 Å². The van der Waals surface area contributed by atoms with Crippen molar-refractivity contribution in [2.24, 2.45) is 11.8 Å². The van der Waals surface area contributed by atoms with E-state index in [-0.39, 0.29) is 23.6 Å². The Balaban J connectivity index is 1.83. The molecule has 5 heteroatoms. The van der Waals surface area contributed by atoms with Gasteiger partial charge < -0.3 is 5.32 Å². The molecule has 1 heterocycles. The lowest BCUT2D eigenvalue weighted by molar-refractivity contribution is -0.126. The Morgan fingerprint density at radius 2 is 1.90 bits per heavy atom. The SMILES string of the molecule is CC1=C[C@@H](NC(=O)c2ccccc2)[C@H]2C(=O)NC(=O)[C@H]2C1. The van der Waals surface area contributed by atoms with Crippen molar-refractivity contribution in [3.8, 4) is 0 Å². The van der Waals surface area contributed by atoms with Crippen LogP contribution in [0.5, 0.6) is 0 Å². The fourth-order valence-electron chi connectivity index (χ4n) is 3.06. The largest absolute Gasteiger partial charge is 0.345 e. The van der Waals surface area contributed by atoms with Crippen molar-refractivity contribution in [1.29, 1.82) is 0 Å². The van der Waals surface area contributed by atoms with E-state index in [1.807, 2.05) is 19.1 Å². The van der Waals surface area contributed by atoms with E-state index in [1.165, 1.54) is 0 Å². The van der Waals surface area contributed by atoms with E-state index in [1.54, 1.807) is 24.3 Å². The molecule has 0 bridgehead atoms. The first kappa shape index (κ1) is 13.5. The number of rotatable bonds is 2. The number of hydrogen-bond donors (Lipinski definition) is 2. The van der Waals surface area contributed by atoms with E-state index in [9.17, 15) is 14.4 Å². The van der Waals surface area contributed by atoms with Gasteiger partial charge in [0.15, 0.2) is 0 Å². The maximum Gasteiger partial charge on any atom is 0.251 e. The lowest BCUT2D eigenvalue weighted by atomic mass is 9.78. The minimum absolute atomic E-state index is 0.238. The van der Waals surface area contributed by atoms with Gasteiger partial charge in [0.1, 0.15) is 0 Å². The first-order valence-corrected chi connectivity index (χ1v) is 6.94. The summed E-state index contributed by atoms with van der Waals surface area (Å²) in [4.78, 5) is 36.0. The molecule has 0 radical (unpaired) electrons. The molecule has 3 rings (SSSR count). The monoisotopic (exact) mass is 284 g/mol. The van der Waals surface area contributed by atoms with Crippen LogP contribution < -0.4 is 10.6 Å². The Morgan fingerprint density at radius 3 is 2.62 bits per heavy atom. The molecular weight excluding hydrogens is 268 g/mol. The smallest absolute Gasteiger partial charge is 0.251 e. The maximum absolute atomic E-state index is 12.2. The first-order chi connectivity index (χ1) is 10.1. The molecule has 1 aromatic carbocycles. The topological polar surface area (TPSA) is 75.3 Å². The summed E-state index contributed by atoms with van der Waals surface area (Å²) in [7, 11) is 0. The van der Waals surface area contributed by atoms with Gasteiger partial charge in [-0.1, -0.05) is 29.8 Å². The van der Waals surface area contributed by atoms with Gasteiger partial charge in [-0.05, 0) is 25.5 Å². The zero-order valence-electron chi connectivity index (χ0n) is 11.6. The molecule has 0 unspecified atom stereocenters. The quantitative estimate of drug-likeness (QED) is 0.629. The lowest BCUT2D eigenvalue weighted by Gasteiger charge is -2.29. The second-order valence-electron chi connectivity index (χ2n) is 5.57. The van der Waals surface area contributed by atoms with Gasteiger partial charge in [0, 0.05) is 5.56 Å². The molecule has 1 aliphatic heterocycles. The number of nitrogens with one attached hydrogen (secondary N) is 2. The van der Waals surface area contributed by atoms with E-state index in [2.05, 4.69) is 10.6 Å². The predicted octanol–water partition coefficient (Wildman–Crippen LogP) is 1.02. The molecule has 0 aromatic heterocycles. The number of amides is 3. The van der Waals surface area contributed by atoms with Crippen LogP contribution in [-0.2, 0) is 9.59 Å². The molecule has 2 N–H and O–H groups in total. The van der Waals surface area contributed by atoms with Gasteiger partial charge in [-0.2, -0.15) is 0 Å².